The van der Waals surface area contributed by atoms with E-state index in [1.807, 2.05) is 20.8 Å². The maximum atomic E-state index is 12.4. The van der Waals surface area contributed by atoms with Gasteiger partial charge in [0.05, 0.1) is 11.2 Å². The van der Waals surface area contributed by atoms with E-state index < -0.39 is 0 Å². The predicted octanol–water partition coefficient (Wildman–Crippen LogP) is 1.69. The first-order chi connectivity index (χ1) is 8.95. The zero-order valence-corrected chi connectivity index (χ0v) is 12.3. The molecule has 0 bridgehead atoms. The maximum Gasteiger partial charge on any atom is 0.265 e. The van der Waals surface area contributed by atoms with Crippen LogP contribution in [0.3, 0.4) is 0 Å². The van der Waals surface area contributed by atoms with Crippen LogP contribution in [0.1, 0.15) is 35.6 Å². The van der Waals surface area contributed by atoms with E-state index in [2.05, 4.69) is 10.1 Å². The van der Waals surface area contributed by atoms with Crippen LogP contribution in [0.4, 0.5) is 0 Å². The van der Waals surface area contributed by atoms with Gasteiger partial charge in [0, 0.05) is 19.5 Å². The van der Waals surface area contributed by atoms with Gasteiger partial charge in [0.15, 0.2) is 0 Å². The summed E-state index contributed by atoms with van der Waals surface area (Å²) in [7, 11) is 0. The summed E-state index contributed by atoms with van der Waals surface area (Å²) in [6.07, 6.45) is 0.354. The molecule has 7 heteroatoms. The highest BCUT2D eigenvalue weighted by atomic mass is 32.1. The second-order valence-corrected chi connectivity index (χ2v) is 5.61. The SMILES string of the molecule is Cc1ncsc1C(=O)N(CCC(N)=NO)CC(C)C. The molecular weight excluding hydrogens is 264 g/mol. The molecular formula is C12H20N4O2S. The van der Waals surface area contributed by atoms with Crippen LogP contribution in [0.15, 0.2) is 10.7 Å². The number of aromatic nitrogens is 1. The Kier molecular flexibility index (Phi) is 5.75. The largest absolute Gasteiger partial charge is 0.409 e. The third-order valence-electron chi connectivity index (χ3n) is 2.58. The van der Waals surface area contributed by atoms with Crippen molar-refractivity contribution in [1.29, 1.82) is 0 Å². The Morgan fingerprint density at radius 1 is 1.63 bits per heavy atom. The Morgan fingerprint density at radius 2 is 2.32 bits per heavy atom. The van der Waals surface area contributed by atoms with Gasteiger partial charge in [0.25, 0.3) is 5.91 Å². The van der Waals surface area contributed by atoms with E-state index in [0.29, 0.717) is 30.3 Å². The molecule has 106 valence electrons. The van der Waals surface area contributed by atoms with Crippen molar-refractivity contribution in [2.75, 3.05) is 13.1 Å². The summed E-state index contributed by atoms with van der Waals surface area (Å²) in [6, 6.07) is 0. The van der Waals surface area contributed by atoms with Gasteiger partial charge in [-0.05, 0) is 12.8 Å². The van der Waals surface area contributed by atoms with Crippen LogP contribution >= 0.6 is 11.3 Å². The van der Waals surface area contributed by atoms with Crippen molar-refractivity contribution >= 4 is 23.1 Å². The summed E-state index contributed by atoms with van der Waals surface area (Å²) < 4.78 is 0. The molecule has 1 amide bonds. The summed E-state index contributed by atoms with van der Waals surface area (Å²) in [4.78, 5) is 18.9. The van der Waals surface area contributed by atoms with Crippen molar-refractivity contribution in [2.24, 2.45) is 16.8 Å². The molecule has 0 radical (unpaired) electrons. The fraction of sp³-hybridized carbons (Fsp3) is 0.583. The Balaban J connectivity index is 2.79. The number of thiazole rings is 1. The van der Waals surface area contributed by atoms with Crippen molar-refractivity contribution < 1.29 is 10.0 Å². The van der Waals surface area contributed by atoms with Gasteiger partial charge in [-0.3, -0.25) is 4.79 Å². The van der Waals surface area contributed by atoms with Crippen molar-refractivity contribution in [2.45, 2.75) is 27.2 Å². The normalized spacial score (nSPS) is 11.9. The second kappa shape index (κ2) is 7.08. The first-order valence-corrected chi connectivity index (χ1v) is 6.99. The van der Waals surface area contributed by atoms with Crippen LogP contribution in [0.2, 0.25) is 0 Å². The molecule has 1 heterocycles. The van der Waals surface area contributed by atoms with Crippen LogP contribution in [0.25, 0.3) is 0 Å². The number of rotatable bonds is 6. The van der Waals surface area contributed by atoms with Gasteiger partial charge in [0.1, 0.15) is 10.7 Å². The lowest BCUT2D eigenvalue weighted by Crippen LogP contribution is -2.36. The summed E-state index contributed by atoms with van der Waals surface area (Å²) in [6.45, 7) is 6.98. The van der Waals surface area contributed by atoms with Gasteiger partial charge in [-0.25, -0.2) is 4.98 Å². The monoisotopic (exact) mass is 284 g/mol. The van der Waals surface area contributed by atoms with E-state index in [1.165, 1.54) is 11.3 Å². The molecule has 0 aliphatic rings. The number of nitrogens with zero attached hydrogens (tertiary/aromatic N) is 3. The Morgan fingerprint density at radius 3 is 2.79 bits per heavy atom. The van der Waals surface area contributed by atoms with Crippen LogP contribution in [-0.2, 0) is 0 Å². The Labute approximate surface area is 116 Å². The van der Waals surface area contributed by atoms with Crippen molar-refractivity contribution in [3.05, 3.63) is 16.1 Å². The number of amidine groups is 1. The minimum absolute atomic E-state index is 0.0422. The van der Waals surface area contributed by atoms with Crippen LogP contribution in [0, 0.1) is 12.8 Å². The van der Waals surface area contributed by atoms with Gasteiger partial charge in [-0.15, -0.1) is 11.3 Å². The third-order valence-corrected chi connectivity index (χ3v) is 3.50. The molecule has 3 N–H and O–H groups in total. The zero-order chi connectivity index (χ0) is 14.4. The smallest absolute Gasteiger partial charge is 0.265 e. The summed E-state index contributed by atoms with van der Waals surface area (Å²) in [5.74, 6) is 0.437. The fourth-order valence-electron chi connectivity index (χ4n) is 1.67. The van der Waals surface area contributed by atoms with Crippen molar-refractivity contribution in [1.82, 2.24) is 9.88 Å². The van der Waals surface area contributed by atoms with E-state index in [1.54, 1.807) is 10.4 Å². The summed E-state index contributed by atoms with van der Waals surface area (Å²) in [5.41, 5.74) is 7.86. The number of oxime groups is 1. The van der Waals surface area contributed by atoms with E-state index in [-0.39, 0.29) is 11.7 Å². The fourth-order valence-corrected chi connectivity index (χ4v) is 2.44. The highest BCUT2D eigenvalue weighted by Gasteiger charge is 2.20. The lowest BCUT2D eigenvalue weighted by molar-refractivity contribution is 0.0744. The number of hydrogen-bond donors (Lipinski definition) is 2. The van der Waals surface area contributed by atoms with Crippen molar-refractivity contribution in [3.63, 3.8) is 0 Å². The molecule has 0 spiro atoms. The predicted molar refractivity (Wildman–Crippen MR) is 75.6 cm³/mol. The number of carbonyl (C=O) groups is 1. The number of nitrogens with two attached hydrogens (primary N) is 1. The summed E-state index contributed by atoms with van der Waals surface area (Å²) in [5, 5.41) is 11.5. The van der Waals surface area contributed by atoms with E-state index in [9.17, 15) is 4.79 Å². The molecule has 0 saturated carbocycles. The average molecular weight is 284 g/mol. The molecule has 19 heavy (non-hydrogen) atoms. The molecule has 0 unspecified atom stereocenters. The molecule has 6 nitrogen and oxygen atoms in total. The Hall–Kier alpha value is -1.63. The molecule has 1 rings (SSSR count). The van der Waals surface area contributed by atoms with Gasteiger partial charge in [-0.1, -0.05) is 19.0 Å². The first-order valence-electron chi connectivity index (χ1n) is 6.11. The average Bonchev–Trinajstić information content (AvgIpc) is 2.78. The molecule has 0 aliphatic heterocycles. The van der Waals surface area contributed by atoms with Gasteiger partial charge in [-0.2, -0.15) is 0 Å². The minimum atomic E-state index is -0.0422. The number of aryl methyl sites for hydroxylation is 1. The maximum absolute atomic E-state index is 12.4. The van der Waals surface area contributed by atoms with Gasteiger partial charge < -0.3 is 15.8 Å². The zero-order valence-electron chi connectivity index (χ0n) is 11.5. The number of carbonyl (C=O) groups excluding carboxylic acids is 1. The number of amides is 1. The highest BCUT2D eigenvalue weighted by Crippen LogP contribution is 2.16. The van der Waals surface area contributed by atoms with Gasteiger partial charge >= 0.3 is 0 Å². The molecule has 0 fully saturated rings. The van der Waals surface area contributed by atoms with Crippen LogP contribution in [0.5, 0.6) is 0 Å². The second-order valence-electron chi connectivity index (χ2n) is 4.75. The quantitative estimate of drug-likeness (QED) is 0.360. The van der Waals surface area contributed by atoms with E-state index >= 15 is 0 Å². The molecule has 0 atom stereocenters. The molecule has 0 saturated heterocycles. The van der Waals surface area contributed by atoms with Crippen LogP contribution < -0.4 is 5.73 Å². The third kappa shape index (κ3) is 4.51. The molecule has 0 aliphatic carbocycles. The standard InChI is InChI=1S/C12H20N4O2S/c1-8(2)6-16(5-4-10(13)15-18)12(17)11-9(3)14-7-19-11/h7-8,18H,4-6H2,1-3H3,(H2,13,15). The van der Waals surface area contributed by atoms with Gasteiger partial charge in [0.2, 0.25) is 0 Å². The lowest BCUT2D eigenvalue weighted by atomic mass is 10.2. The number of hydrogen-bond acceptors (Lipinski definition) is 5. The highest BCUT2D eigenvalue weighted by molar-refractivity contribution is 7.11. The topological polar surface area (TPSA) is 91.8 Å². The Bertz CT molecular complexity index is 456. The van der Waals surface area contributed by atoms with E-state index in [4.69, 9.17) is 10.9 Å². The van der Waals surface area contributed by atoms with Crippen LogP contribution in [-0.4, -0.2) is 39.9 Å². The first kappa shape index (κ1) is 15.4. The summed E-state index contributed by atoms with van der Waals surface area (Å²) >= 11 is 1.34. The molecule has 1 aromatic heterocycles. The minimum Gasteiger partial charge on any atom is -0.409 e. The molecule has 1 aromatic rings. The van der Waals surface area contributed by atoms with E-state index in [0.717, 1.165) is 5.69 Å². The van der Waals surface area contributed by atoms with Crippen molar-refractivity contribution in [3.8, 4) is 0 Å². The lowest BCUT2D eigenvalue weighted by Gasteiger charge is -2.24. The molecule has 0 aromatic carbocycles.